The second-order valence-corrected chi connectivity index (χ2v) is 10.6. The Balaban J connectivity index is 1.53. The number of anilines is 1. The summed E-state index contributed by atoms with van der Waals surface area (Å²) < 4.78 is 18.8. The fourth-order valence-electron chi connectivity index (χ4n) is 3.70. The van der Waals surface area contributed by atoms with Gasteiger partial charge in [0, 0.05) is 28.3 Å². The van der Waals surface area contributed by atoms with Gasteiger partial charge < -0.3 is 15.4 Å². The largest absolute Gasteiger partial charge is 0.466 e. The van der Waals surface area contributed by atoms with Crippen LogP contribution in [0.4, 0.5) is 5.69 Å². The van der Waals surface area contributed by atoms with E-state index in [1.165, 1.54) is 11.3 Å². The van der Waals surface area contributed by atoms with Crippen LogP contribution in [-0.4, -0.2) is 40.1 Å². The van der Waals surface area contributed by atoms with Gasteiger partial charge in [0.1, 0.15) is 10.8 Å². The summed E-state index contributed by atoms with van der Waals surface area (Å²) in [6, 6.07) is 21.2. The monoisotopic (exact) mass is 534 g/mol. The fourth-order valence-corrected chi connectivity index (χ4v) is 5.89. The molecule has 0 aliphatic rings. The minimum absolute atomic E-state index is 0.0411. The van der Waals surface area contributed by atoms with Crippen LogP contribution in [0.2, 0.25) is 0 Å². The average molecular weight is 535 g/mol. The highest BCUT2D eigenvalue weighted by Crippen LogP contribution is 2.27. The number of hydrogen-bond acceptors (Lipinski definition) is 7. The van der Waals surface area contributed by atoms with Crippen LogP contribution in [0.15, 0.2) is 77.7 Å². The van der Waals surface area contributed by atoms with Gasteiger partial charge in [-0.25, -0.2) is 4.98 Å². The van der Waals surface area contributed by atoms with Crippen LogP contribution in [0.25, 0.3) is 10.2 Å². The molecular formula is C27H26N4O4S2. The molecule has 0 fully saturated rings. The standard InChI is InChI=1S/C27H26N4O4S2/c1-2-35-25(32)14-15-31(20-6-4-3-5-7-20)27(33)19-10-13-23-22(16-19)30-24(36-23)17-37(34)21-11-8-18(9-12-21)26(28)29/h3-13,16H,2,14-15,17H2,1H3,(H3,28,29). The van der Waals surface area contributed by atoms with E-state index in [4.69, 9.17) is 15.9 Å². The maximum absolute atomic E-state index is 13.5. The number of nitrogens with two attached hydrogens (primary N) is 1. The number of nitrogens with one attached hydrogen (secondary N) is 1. The first-order valence-corrected chi connectivity index (χ1v) is 13.7. The number of nitrogen functional groups attached to an aromatic ring is 1. The number of amides is 1. The van der Waals surface area contributed by atoms with Crippen molar-refractivity contribution in [3.63, 3.8) is 0 Å². The van der Waals surface area contributed by atoms with E-state index in [0.717, 1.165) is 4.70 Å². The first-order chi connectivity index (χ1) is 17.9. The Kier molecular flexibility index (Phi) is 8.42. The molecule has 0 spiro atoms. The number of nitrogens with zero attached hydrogens (tertiary/aromatic N) is 2. The summed E-state index contributed by atoms with van der Waals surface area (Å²) in [7, 11) is -1.32. The normalized spacial score (nSPS) is 11.7. The van der Waals surface area contributed by atoms with E-state index in [1.54, 1.807) is 48.2 Å². The SMILES string of the molecule is CCOC(=O)CCN(C(=O)c1ccc2sc(CS(=O)c3ccc(C(=N)N)cc3)nc2c1)c1ccccc1. The number of aromatic nitrogens is 1. The Labute approximate surface area is 221 Å². The number of rotatable bonds is 10. The summed E-state index contributed by atoms with van der Waals surface area (Å²) in [6.07, 6.45) is 0.0801. The lowest BCUT2D eigenvalue weighted by Gasteiger charge is -2.22. The van der Waals surface area contributed by atoms with Crippen molar-refractivity contribution in [2.24, 2.45) is 5.73 Å². The first-order valence-electron chi connectivity index (χ1n) is 11.6. The summed E-state index contributed by atoms with van der Waals surface area (Å²) in [6.45, 7) is 2.22. The van der Waals surface area contributed by atoms with Crippen molar-refractivity contribution in [1.29, 1.82) is 5.41 Å². The highest BCUT2D eigenvalue weighted by molar-refractivity contribution is 7.84. The average Bonchev–Trinajstić information content (AvgIpc) is 3.31. The Morgan fingerprint density at radius 1 is 1.05 bits per heavy atom. The van der Waals surface area contributed by atoms with Gasteiger partial charge in [-0.05, 0) is 49.4 Å². The molecule has 1 aromatic heterocycles. The number of esters is 1. The topological polar surface area (TPSA) is 126 Å². The van der Waals surface area contributed by atoms with Crippen molar-refractivity contribution in [2.75, 3.05) is 18.1 Å². The number of fused-ring (bicyclic) bond motifs is 1. The van der Waals surface area contributed by atoms with E-state index in [1.807, 2.05) is 36.4 Å². The maximum Gasteiger partial charge on any atom is 0.307 e. The molecule has 0 bridgehead atoms. The van der Waals surface area contributed by atoms with Crippen LogP contribution in [0, 0.1) is 5.41 Å². The smallest absolute Gasteiger partial charge is 0.307 e. The Bertz CT molecular complexity index is 1450. The van der Waals surface area contributed by atoms with Gasteiger partial charge in [-0.15, -0.1) is 11.3 Å². The predicted octanol–water partition coefficient (Wildman–Crippen LogP) is 4.49. The van der Waals surface area contributed by atoms with Gasteiger partial charge in [0.05, 0.1) is 39.8 Å². The van der Waals surface area contributed by atoms with Crippen LogP contribution in [0.1, 0.15) is 34.3 Å². The van der Waals surface area contributed by atoms with Gasteiger partial charge >= 0.3 is 5.97 Å². The summed E-state index contributed by atoms with van der Waals surface area (Å²) >= 11 is 1.43. The van der Waals surface area contributed by atoms with Gasteiger partial charge in [-0.1, -0.05) is 30.3 Å². The minimum atomic E-state index is -1.32. The van der Waals surface area contributed by atoms with E-state index < -0.39 is 10.8 Å². The van der Waals surface area contributed by atoms with Crippen molar-refractivity contribution in [1.82, 2.24) is 4.98 Å². The molecule has 1 atom stereocenters. The summed E-state index contributed by atoms with van der Waals surface area (Å²) in [5.41, 5.74) is 7.83. The third-order valence-corrected chi connectivity index (χ3v) is 8.07. The van der Waals surface area contributed by atoms with Crippen molar-refractivity contribution in [3.8, 4) is 0 Å². The van der Waals surface area contributed by atoms with Gasteiger partial charge in [0.2, 0.25) is 0 Å². The van der Waals surface area contributed by atoms with Crippen molar-refractivity contribution in [3.05, 3.63) is 88.9 Å². The van der Waals surface area contributed by atoms with Crippen LogP contribution in [0.5, 0.6) is 0 Å². The molecule has 8 nitrogen and oxygen atoms in total. The van der Waals surface area contributed by atoms with E-state index in [-0.39, 0.29) is 43.0 Å². The molecule has 37 heavy (non-hydrogen) atoms. The molecule has 1 amide bonds. The zero-order chi connectivity index (χ0) is 26.4. The number of hydrogen-bond donors (Lipinski definition) is 2. The quantitative estimate of drug-likeness (QED) is 0.175. The van der Waals surface area contributed by atoms with Crippen molar-refractivity contribution >= 4 is 55.8 Å². The highest BCUT2D eigenvalue weighted by Gasteiger charge is 2.20. The Morgan fingerprint density at radius 2 is 1.76 bits per heavy atom. The predicted molar refractivity (Wildman–Crippen MR) is 147 cm³/mol. The molecule has 1 unspecified atom stereocenters. The fraction of sp³-hybridized carbons (Fsp3) is 0.185. The number of carbonyl (C=O) groups is 2. The number of thiazole rings is 1. The molecule has 0 aliphatic carbocycles. The molecular weight excluding hydrogens is 508 g/mol. The zero-order valence-electron chi connectivity index (χ0n) is 20.2. The zero-order valence-corrected chi connectivity index (χ0v) is 21.8. The molecule has 0 saturated carbocycles. The lowest BCUT2D eigenvalue weighted by atomic mass is 10.1. The molecule has 4 rings (SSSR count). The van der Waals surface area contributed by atoms with E-state index in [2.05, 4.69) is 4.98 Å². The summed E-state index contributed by atoms with van der Waals surface area (Å²) in [5, 5.41) is 8.17. The number of para-hydroxylation sites is 1. The van der Waals surface area contributed by atoms with Crippen LogP contribution >= 0.6 is 11.3 Å². The molecule has 0 saturated heterocycles. The number of ether oxygens (including phenoxy) is 1. The lowest BCUT2D eigenvalue weighted by molar-refractivity contribution is -0.142. The van der Waals surface area contributed by atoms with Gasteiger partial charge in [0.25, 0.3) is 5.91 Å². The van der Waals surface area contributed by atoms with E-state index in [0.29, 0.717) is 32.2 Å². The second-order valence-electron chi connectivity index (χ2n) is 8.07. The molecule has 4 aromatic rings. The van der Waals surface area contributed by atoms with Gasteiger partial charge in [0.15, 0.2) is 0 Å². The van der Waals surface area contributed by atoms with Gasteiger partial charge in [-0.3, -0.25) is 19.2 Å². The minimum Gasteiger partial charge on any atom is -0.466 e. The molecule has 190 valence electrons. The molecule has 0 radical (unpaired) electrons. The summed E-state index contributed by atoms with van der Waals surface area (Å²) in [4.78, 5) is 32.2. The van der Waals surface area contributed by atoms with Crippen molar-refractivity contribution in [2.45, 2.75) is 24.0 Å². The number of amidine groups is 1. The molecule has 3 N–H and O–H groups in total. The summed E-state index contributed by atoms with van der Waals surface area (Å²) in [5.74, 6) is -0.418. The molecule has 10 heteroatoms. The Morgan fingerprint density at radius 3 is 2.43 bits per heavy atom. The third kappa shape index (κ3) is 6.46. The third-order valence-electron chi connectivity index (χ3n) is 5.52. The lowest BCUT2D eigenvalue weighted by Crippen LogP contribution is -2.33. The van der Waals surface area contributed by atoms with Crippen LogP contribution in [0.3, 0.4) is 0 Å². The van der Waals surface area contributed by atoms with Crippen LogP contribution in [-0.2, 0) is 26.1 Å². The first kappa shape index (κ1) is 26.2. The van der Waals surface area contributed by atoms with Gasteiger partial charge in [-0.2, -0.15) is 0 Å². The number of carbonyl (C=O) groups excluding carboxylic acids is 2. The number of benzene rings is 3. The Hall–Kier alpha value is -3.89. The maximum atomic E-state index is 13.5. The van der Waals surface area contributed by atoms with E-state index in [9.17, 15) is 13.8 Å². The second kappa shape index (κ2) is 11.9. The molecule has 0 aliphatic heterocycles. The van der Waals surface area contributed by atoms with Crippen LogP contribution < -0.4 is 10.6 Å². The molecule has 3 aromatic carbocycles. The highest BCUT2D eigenvalue weighted by atomic mass is 32.2. The van der Waals surface area contributed by atoms with Crippen molar-refractivity contribution < 1.29 is 18.5 Å². The van der Waals surface area contributed by atoms with E-state index >= 15 is 0 Å². The molecule has 1 heterocycles.